The lowest BCUT2D eigenvalue weighted by atomic mass is 9.82. The van der Waals surface area contributed by atoms with Crippen molar-refractivity contribution in [3.63, 3.8) is 0 Å². The van der Waals surface area contributed by atoms with Crippen molar-refractivity contribution in [2.75, 3.05) is 26.2 Å². The number of likely N-dealkylation sites (tertiary alicyclic amines) is 1. The molecule has 16 heavy (non-hydrogen) atoms. The van der Waals surface area contributed by atoms with Gasteiger partial charge in [0.15, 0.2) is 0 Å². The van der Waals surface area contributed by atoms with Crippen LogP contribution in [0.5, 0.6) is 0 Å². The third-order valence-electron chi connectivity index (χ3n) is 4.48. The van der Waals surface area contributed by atoms with E-state index in [1.54, 1.807) is 0 Å². The van der Waals surface area contributed by atoms with Crippen molar-refractivity contribution in [3.05, 3.63) is 0 Å². The maximum Gasteiger partial charge on any atom is 0.0220 e. The number of rotatable bonds is 7. The quantitative estimate of drug-likeness (QED) is 0.669. The first-order chi connectivity index (χ1) is 7.90. The second-order valence-electron chi connectivity index (χ2n) is 5.57. The van der Waals surface area contributed by atoms with Gasteiger partial charge in [0.05, 0.1) is 0 Å². The molecular formula is C14H28N2. The maximum atomic E-state index is 3.65. The van der Waals surface area contributed by atoms with Gasteiger partial charge in [-0.2, -0.15) is 0 Å². The van der Waals surface area contributed by atoms with Gasteiger partial charge in [-0.3, -0.25) is 4.90 Å². The third-order valence-corrected chi connectivity index (χ3v) is 4.48. The molecule has 2 heteroatoms. The van der Waals surface area contributed by atoms with E-state index in [1.807, 2.05) is 0 Å². The zero-order valence-corrected chi connectivity index (χ0v) is 10.9. The van der Waals surface area contributed by atoms with Crippen LogP contribution in [0.3, 0.4) is 0 Å². The molecule has 0 unspecified atom stereocenters. The standard InChI is InChI=1S/C14H28N2/c1-2-16-11-5-9-14(16)12-15-10-4-8-13-6-3-7-13/h13-15H,2-12H2,1H3/t14-/m0/s1. The Morgan fingerprint density at radius 3 is 2.75 bits per heavy atom. The summed E-state index contributed by atoms with van der Waals surface area (Å²) in [6.07, 6.45) is 10.2. The highest BCUT2D eigenvalue weighted by molar-refractivity contribution is 4.80. The summed E-state index contributed by atoms with van der Waals surface area (Å²) in [6, 6.07) is 0.828. The van der Waals surface area contributed by atoms with Gasteiger partial charge in [0.1, 0.15) is 0 Å². The molecule has 94 valence electrons. The van der Waals surface area contributed by atoms with Crippen LogP contribution in [-0.4, -0.2) is 37.1 Å². The molecule has 0 aromatic rings. The van der Waals surface area contributed by atoms with Crippen LogP contribution in [-0.2, 0) is 0 Å². The summed E-state index contributed by atoms with van der Waals surface area (Å²) >= 11 is 0. The monoisotopic (exact) mass is 224 g/mol. The highest BCUT2D eigenvalue weighted by Crippen LogP contribution is 2.30. The molecule has 2 nitrogen and oxygen atoms in total. The molecule has 0 aromatic carbocycles. The van der Waals surface area contributed by atoms with Crippen LogP contribution in [0.4, 0.5) is 0 Å². The Morgan fingerprint density at radius 2 is 2.06 bits per heavy atom. The normalized spacial score (nSPS) is 27.2. The van der Waals surface area contributed by atoms with E-state index in [0.29, 0.717) is 0 Å². The molecule has 1 heterocycles. The minimum atomic E-state index is 0.828. The molecule has 1 aliphatic carbocycles. The average Bonchev–Trinajstić information content (AvgIpc) is 2.68. The van der Waals surface area contributed by atoms with Gasteiger partial charge in [0, 0.05) is 12.6 Å². The molecule has 1 atom stereocenters. The second kappa shape index (κ2) is 6.61. The van der Waals surface area contributed by atoms with Gasteiger partial charge in [-0.15, -0.1) is 0 Å². The molecule has 0 amide bonds. The van der Waals surface area contributed by atoms with Crippen molar-refractivity contribution >= 4 is 0 Å². The van der Waals surface area contributed by atoms with Crippen molar-refractivity contribution in [2.24, 2.45) is 5.92 Å². The molecular weight excluding hydrogens is 196 g/mol. The van der Waals surface area contributed by atoms with Gasteiger partial charge in [-0.25, -0.2) is 0 Å². The molecule has 2 rings (SSSR count). The topological polar surface area (TPSA) is 15.3 Å². The zero-order chi connectivity index (χ0) is 11.2. The fourth-order valence-electron chi connectivity index (χ4n) is 3.11. The Hall–Kier alpha value is -0.0800. The van der Waals surface area contributed by atoms with Crippen molar-refractivity contribution in [3.8, 4) is 0 Å². The minimum Gasteiger partial charge on any atom is -0.315 e. The van der Waals surface area contributed by atoms with Crippen molar-refractivity contribution < 1.29 is 0 Å². The molecule has 2 fully saturated rings. The fraction of sp³-hybridized carbons (Fsp3) is 1.00. The molecule has 1 saturated heterocycles. The van der Waals surface area contributed by atoms with Gasteiger partial charge in [-0.05, 0) is 51.2 Å². The second-order valence-corrected chi connectivity index (χ2v) is 5.57. The lowest BCUT2D eigenvalue weighted by Crippen LogP contribution is -2.38. The third kappa shape index (κ3) is 3.46. The van der Waals surface area contributed by atoms with Gasteiger partial charge in [0.25, 0.3) is 0 Å². The van der Waals surface area contributed by atoms with Crippen LogP contribution in [0.1, 0.15) is 51.9 Å². The van der Waals surface area contributed by atoms with Crippen LogP contribution >= 0.6 is 0 Å². The molecule has 0 spiro atoms. The van der Waals surface area contributed by atoms with Crippen LogP contribution in [0.15, 0.2) is 0 Å². The summed E-state index contributed by atoms with van der Waals surface area (Å²) in [5.41, 5.74) is 0. The molecule has 0 aromatic heterocycles. The van der Waals surface area contributed by atoms with Crippen LogP contribution in [0, 0.1) is 5.92 Å². The first-order valence-electron chi connectivity index (χ1n) is 7.35. The summed E-state index contributed by atoms with van der Waals surface area (Å²) in [6.45, 7) is 7.30. The highest BCUT2D eigenvalue weighted by atomic mass is 15.2. The van der Waals surface area contributed by atoms with E-state index < -0.39 is 0 Å². The Balaban J connectivity index is 1.47. The summed E-state index contributed by atoms with van der Waals surface area (Å²) in [5, 5.41) is 3.65. The first kappa shape index (κ1) is 12.4. The lowest BCUT2D eigenvalue weighted by Gasteiger charge is -2.26. The lowest BCUT2D eigenvalue weighted by molar-refractivity contribution is 0.255. The van der Waals surface area contributed by atoms with E-state index in [9.17, 15) is 0 Å². The number of likely N-dealkylation sites (N-methyl/N-ethyl adjacent to an activating group) is 1. The van der Waals surface area contributed by atoms with Crippen molar-refractivity contribution in [1.29, 1.82) is 0 Å². The maximum absolute atomic E-state index is 3.65. The molecule has 1 aliphatic heterocycles. The van der Waals surface area contributed by atoms with Gasteiger partial charge in [0.2, 0.25) is 0 Å². The summed E-state index contributed by atoms with van der Waals surface area (Å²) in [7, 11) is 0. The molecule has 0 bridgehead atoms. The van der Waals surface area contributed by atoms with E-state index in [2.05, 4.69) is 17.1 Å². The van der Waals surface area contributed by atoms with E-state index in [4.69, 9.17) is 0 Å². The molecule has 1 saturated carbocycles. The summed E-state index contributed by atoms with van der Waals surface area (Å²) in [4.78, 5) is 2.62. The Kier molecular flexibility index (Phi) is 5.11. The highest BCUT2D eigenvalue weighted by Gasteiger charge is 2.22. The van der Waals surface area contributed by atoms with Gasteiger partial charge < -0.3 is 5.32 Å². The number of nitrogens with zero attached hydrogens (tertiary/aromatic N) is 1. The average molecular weight is 224 g/mol. The minimum absolute atomic E-state index is 0.828. The summed E-state index contributed by atoms with van der Waals surface area (Å²) in [5.74, 6) is 1.08. The van der Waals surface area contributed by atoms with Crippen molar-refractivity contribution in [1.82, 2.24) is 10.2 Å². The van der Waals surface area contributed by atoms with Crippen LogP contribution in [0.2, 0.25) is 0 Å². The van der Waals surface area contributed by atoms with E-state index in [-0.39, 0.29) is 0 Å². The smallest absolute Gasteiger partial charge is 0.0220 e. The fourth-order valence-corrected chi connectivity index (χ4v) is 3.11. The number of hydrogen-bond donors (Lipinski definition) is 1. The molecule has 2 aliphatic rings. The van der Waals surface area contributed by atoms with E-state index in [1.165, 1.54) is 71.1 Å². The molecule has 0 radical (unpaired) electrons. The Morgan fingerprint density at radius 1 is 1.19 bits per heavy atom. The first-order valence-corrected chi connectivity index (χ1v) is 7.35. The van der Waals surface area contributed by atoms with Crippen molar-refractivity contribution in [2.45, 2.75) is 57.9 Å². The number of nitrogens with one attached hydrogen (secondary N) is 1. The summed E-state index contributed by atoms with van der Waals surface area (Å²) < 4.78 is 0. The number of hydrogen-bond acceptors (Lipinski definition) is 2. The SMILES string of the molecule is CCN1CCC[C@H]1CNCCCC1CCC1. The largest absolute Gasteiger partial charge is 0.315 e. The molecule has 1 N–H and O–H groups in total. The predicted molar refractivity (Wildman–Crippen MR) is 69.7 cm³/mol. The van der Waals surface area contributed by atoms with Crippen LogP contribution < -0.4 is 5.32 Å². The Bertz CT molecular complexity index is 189. The predicted octanol–water partition coefficient (Wildman–Crippen LogP) is 2.64. The van der Waals surface area contributed by atoms with E-state index in [0.717, 1.165) is 12.0 Å². The van der Waals surface area contributed by atoms with E-state index >= 15 is 0 Å². The van der Waals surface area contributed by atoms with Gasteiger partial charge >= 0.3 is 0 Å². The Labute approximate surface area is 101 Å². The zero-order valence-electron chi connectivity index (χ0n) is 10.9. The van der Waals surface area contributed by atoms with Gasteiger partial charge in [-0.1, -0.05) is 26.2 Å². The van der Waals surface area contributed by atoms with Crippen LogP contribution in [0.25, 0.3) is 0 Å².